The van der Waals surface area contributed by atoms with Gasteiger partial charge in [-0.25, -0.2) is 0 Å². The van der Waals surface area contributed by atoms with Crippen molar-refractivity contribution >= 4 is 23.3 Å². The van der Waals surface area contributed by atoms with Crippen LogP contribution in [0, 0.1) is 0 Å². The number of fused-ring (bicyclic) bond motifs is 1. The summed E-state index contributed by atoms with van der Waals surface area (Å²) in [6.07, 6.45) is 0. The van der Waals surface area contributed by atoms with Gasteiger partial charge in [0.25, 0.3) is 0 Å². The highest BCUT2D eigenvalue weighted by molar-refractivity contribution is 6.09. The van der Waals surface area contributed by atoms with E-state index in [1.165, 1.54) is 9.08 Å². The molecule has 0 bridgehead atoms. The van der Waals surface area contributed by atoms with Gasteiger partial charge >= 0.3 is 11.7 Å². The second-order valence-electron chi connectivity index (χ2n) is 5.37. The van der Waals surface area contributed by atoms with Crippen molar-refractivity contribution in [2.24, 2.45) is 0 Å². The van der Waals surface area contributed by atoms with Crippen molar-refractivity contribution in [2.75, 3.05) is 11.5 Å². The molecule has 0 aliphatic carbocycles. The SMILES string of the molecule is Nc1c(C(=O)c2ccccc2)nnc2nn(-c3ccccc3)c(N)[n+]12. The molecule has 0 saturated carbocycles. The van der Waals surface area contributed by atoms with Gasteiger partial charge in [0.1, 0.15) is 5.69 Å². The van der Waals surface area contributed by atoms with Crippen LogP contribution in [0.15, 0.2) is 60.7 Å². The number of carbonyl (C=O) groups is 1. The number of hydrogen-bond donors (Lipinski definition) is 2. The lowest BCUT2D eigenvalue weighted by atomic mass is 10.1. The summed E-state index contributed by atoms with van der Waals surface area (Å²) in [4.78, 5) is 12.6. The predicted molar refractivity (Wildman–Crippen MR) is 91.0 cm³/mol. The zero-order valence-corrected chi connectivity index (χ0v) is 13.1. The zero-order chi connectivity index (χ0) is 17.4. The summed E-state index contributed by atoms with van der Waals surface area (Å²) in [5, 5.41) is 12.3. The van der Waals surface area contributed by atoms with Gasteiger partial charge in [0.15, 0.2) is 5.69 Å². The molecule has 8 nitrogen and oxygen atoms in total. The van der Waals surface area contributed by atoms with Gasteiger partial charge in [0.05, 0.1) is 0 Å². The Balaban J connectivity index is 1.89. The molecule has 0 atom stereocenters. The number of hydrogen-bond acceptors (Lipinski definition) is 6. The molecule has 4 rings (SSSR count). The number of para-hydroxylation sites is 1. The van der Waals surface area contributed by atoms with E-state index in [1.807, 2.05) is 36.4 Å². The first kappa shape index (κ1) is 14.8. The molecule has 4 aromatic rings. The first-order chi connectivity index (χ1) is 12.2. The summed E-state index contributed by atoms with van der Waals surface area (Å²) >= 11 is 0. The largest absolute Gasteiger partial charge is 0.389 e. The van der Waals surface area contributed by atoms with Crippen LogP contribution in [-0.4, -0.2) is 25.8 Å². The fourth-order valence-electron chi connectivity index (χ4n) is 2.58. The highest BCUT2D eigenvalue weighted by Gasteiger charge is 2.26. The van der Waals surface area contributed by atoms with Crippen LogP contribution in [0.4, 0.5) is 11.8 Å². The Morgan fingerprint density at radius 3 is 2.24 bits per heavy atom. The number of nitrogens with two attached hydrogens (primary N) is 2. The van der Waals surface area contributed by atoms with Gasteiger partial charge < -0.3 is 11.5 Å². The smallest absolute Gasteiger partial charge is 0.349 e. The number of nitrogen functional groups attached to an aromatic ring is 2. The lowest BCUT2D eigenvalue weighted by Crippen LogP contribution is -2.33. The van der Waals surface area contributed by atoms with Crippen molar-refractivity contribution in [1.29, 1.82) is 0 Å². The van der Waals surface area contributed by atoms with Crippen LogP contribution in [0.5, 0.6) is 0 Å². The van der Waals surface area contributed by atoms with E-state index in [0.29, 0.717) is 5.56 Å². The number of nitrogens with zero attached hydrogens (tertiary/aromatic N) is 5. The summed E-state index contributed by atoms with van der Waals surface area (Å²) in [6, 6.07) is 18.1. The van der Waals surface area contributed by atoms with Crippen molar-refractivity contribution in [2.45, 2.75) is 0 Å². The third-order valence-corrected chi connectivity index (χ3v) is 3.81. The number of anilines is 2. The maximum Gasteiger partial charge on any atom is 0.389 e. The highest BCUT2D eigenvalue weighted by atomic mass is 16.1. The molecule has 2 aromatic heterocycles. The van der Waals surface area contributed by atoms with Gasteiger partial charge in [0.2, 0.25) is 11.6 Å². The Labute approximate surface area is 142 Å². The van der Waals surface area contributed by atoms with Crippen LogP contribution in [-0.2, 0) is 0 Å². The minimum Gasteiger partial charge on any atom is -0.349 e. The normalized spacial score (nSPS) is 10.9. The predicted octanol–water partition coefficient (Wildman–Crippen LogP) is 0.796. The minimum atomic E-state index is -0.327. The van der Waals surface area contributed by atoms with Crippen LogP contribution in [0.1, 0.15) is 16.1 Å². The van der Waals surface area contributed by atoms with Crippen LogP contribution in [0.3, 0.4) is 0 Å². The molecule has 0 fully saturated rings. The lowest BCUT2D eigenvalue weighted by molar-refractivity contribution is -0.483. The van der Waals surface area contributed by atoms with E-state index < -0.39 is 0 Å². The van der Waals surface area contributed by atoms with Crippen molar-refractivity contribution in [1.82, 2.24) is 20.0 Å². The van der Waals surface area contributed by atoms with Gasteiger partial charge in [-0.2, -0.15) is 4.40 Å². The Hall–Kier alpha value is -3.81. The summed E-state index contributed by atoms with van der Waals surface area (Å²) in [7, 11) is 0. The molecule has 0 saturated heterocycles. The van der Waals surface area contributed by atoms with E-state index >= 15 is 0 Å². The number of benzene rings is 2. The van der Waals surface area contributed by atoms with E-state index in [1.54, 1.807) is 24.3 Å². The van der Waals surface area contributed by atoms with E-state index in [-0.39, 0.29) is 29.0 Å². The Morgan fingerprint density at radius 1 is 0.920 bits per heavy atom. The maximum atomic E-state index is 12.6. The third-order valence-electron chi connectivity index (χ3n) is 3.81. The number of carbonyl (C=O) groups excluding carboxylic acids is 1. The molecule has 0 amide bonds. The monoisotopic (exact) mass is 332 g/mol. The van der Waals surface area contributed by atoms with Crippen molar-refractivity contribution < 1.29 is 9.20 Å². The Bertz CT molecular complexity index is 1070. The van der Waals surface area contributed by atoms with E-state index in [9.17, 15) is 4.79 Å². The standard InChI is InChI=1S/C17H13N7O/c18-15-13(14(25)11-7-3-1-4-8-11)20-21-17-22-24(16(19)23(15)17)12-9-5-2-6-10-12/h1-10,19H,(H2,18,21,22,25)/p+1. The zero-order valence-electron chi connectivity index (χ0n) is 13.1. The summed E-state index contributed by atoms with van der Waals surface area (Å²) < 4.78 is 2.91. The van der Waals surface area contributed by atoms with Gasteiger partial charge in [-0.05, 0) is 22.3 Å². The van der Waals surface area contributed by atoms with Gasteiger partial charge in [-0.1, -0.05) is 53.6 Å². The van der Waals surface area contributed by atoms with E-state index in [2.05, 4.69) is 15.3 Å². The Morgan fingerprint density at radius 2 is 1.56 bits per heavy atom. The van der Waals surface area contributed by atoms with Crippen molar-refractivity contribution in [3.05, 3.63) is 71.9 Å². The first-order valence-electron chi connectivity index (χ1n) is 7.54. The fourth-order valence-corrected chi connectivity index (χ4v) is 2.58. The fraction of sp³-hybridized carbons (Fsp3) is 0. The summed E-state index contributed by atoms with van der Waals surface area (Å²) in [5.41, 5.74) is 13.6. The average Bonchev–Trinajstić information content (AvgIpc) is 3.00. The van der Waals surface area contributed by atoms with Crippen LogP contribution in [0.25, 0.3) is 11.5 Å². The molecular formula is C17H14N7O+. The van der Waals surface area contributed by atoms with Crippen LogP contribution in [0.2, 0.25) is 0 Å². The molecule has 0 spiro atoms. The molecule has 0 radical (unpaired) electrons. The van der Waals surface area contributed by atoms with Crippen LogP contribution < -0.4 is 15.9 Å². The van der Waals surface area contributed by atoms with Gasteiger partial charge in [0, 0.05) is 5.56 Å². The molecule has 122 valence electrons. The summed E-state index contributed by atoms with van der Waals surface area (Å²) in [6.45, 7) is 0. The van der Waals surface area contributed by atoms with Crippen molar-refractivity contribution in [3.8, 4) is 5.69 Å². The van der Waals surface area contributed by atoms with E-state index in [0.717, 1.165) is 5.69 Å². The Kier molecular flexibility index (Phi) is 3.35. The lowest BCUT2D eigenvalue weighted by Gasteiger charge is -2.02. The van der Waals surface area contributed by atoms with Gasteiger partial charge in [-0.15, -0.1) is 4.68 Å². The minimum absolute atomic E-state index is 0.0306. The molecule has 8 heteroatoms. The molecule has 0 aliphatic rings. The second-order valence-corrected chi connectivity index (χ2v) is 5.37. The molecule has 4 N–H and O–H groups in total. The van der Waals surface area contributed by atoms with E-state index in [4.69, 9.17) is 11.5 Å². The molecule has 2 heterocycles. The topological polar surface area (TPSA) is 117 Å². The molecule has 2 aromatic carbocycles. The second kappa shape index (κ2) is 5.68. The van der Waals surface area contributed by atoms with Gasteiger partial charge in [-0.3, -0.25) is 4.79 Å². The summed E-state index contributed by atoms with van der Waals surface area (Å²) in [5.74, 6) is 0.213. The van der Waals surface area contributed by atoms with Crippen LogP contribution >= 0.6 is 0 Å². The number of aromatic nitrogens is 5. The number of ketones is 1. The number of rotatable bonds is 3. The van der Waals surface area contributed by atoms with Crippen molar-refractivity contribution in [3.63, 3.8) is 0 Å². The quantitative estimate of drug-likeness (QED) is 0.423. The molecule has 0 aliphatic heterocycles. The molecule has 0 unspecified atom stereocenters. The maximum absolute atomic E-state index is 12.6. The first-order valence-corrected chi connectivity index (χ1v) is 7.54. The average molecular weight is 332 g/mol. The molecule has 25 heavy (non-hydrogen) atoms. The molecular weight excluding hydrogens is 318 g/mol. The third kappa shape index (κ3) is 2.36. The highest BCUT2D eigenvalue weighted by Crippen LogP contribution is 2.15.